The van der Waals surface area contributed by atoms with Crippen molar-refractivity contribution >= 4 is 29.1 Å². The fourth-order valence-corrected chi connectivity index (χ4v) is 4.52. The molecule has 1 amide bonds. The average Bonchev–Trinajstić information content (AvgIpc) is 2.83. The third-order valence-corrected chi connectivity index (χ3v) is 6.36. The smallest absolute Gasteiger partial charge is 0.355 e. The molecule has 7 nitrogen and oxygen atoms in total. The number of pyridine rings is 2. The second kappa shape index (κ2) is 9.43. The summed E-state index contributed by atoms with van der Waals surface area (Å²) >= 11 is 6.07. The number of carbonyl (C=O) groups is 1. The molecule has 174 valence electrons. The van der Waals surface area contributed by atoms with E-state index < -0.39 is 11.7 Å². The Kier molecular flexibility index (Phi) is 6.61. The molecule has 0 radical (unpaired) electrons. The number of anilines is 2. The first-order valence-electron chi connectivity index (χ1n) is 10.6. The highest BCUT2D eigenvalue weighted by Crippen LogP contribution is 2.35. The van der Waals surface area contributed by atoms with Gasteiger partial charge in [-0.1, -0.05) is 11.6 Å². The van der Waals surface area contributed by atoms with Gasteiger partial charge in [0, 0.05) is 57.6 Å². The molecule has 0 spiro atoms. The lowest BCUT2D eigenvalue weighted by atomic mass is 9.95. The van der Waals surface area contributed by atoms with Crippen LogP contribution >= 0.6 is 11.6 Å². The first kappa shape index (κ1) is 23.1. The van der Waals surface area contributed by atoms with Crippen molar-refractivity contribution in [2.24, 2.45) is 5.92 Å². The van der Waals surface area contributed by atoms with Crippen LogP contribution in [0.3, 0.4) is 0 Å². The van der Waals surface area contributed by atoms with E-state index in [1.165, 1.54) is 0 Å². The number of piperidine rings is 1. The average molecular weight is 479 g/mol. The van der Waals surface area contributed by atoms with Gasteiger partial charge in [0.05, 0.1) is 22.2 Å². The van der Waals surface area contributed by atoms with Crippen LogP contribution < -0.4 is 9.80 Å². The Bertz CT molecular complexity index is 1060. The molecule has 33 heavy (non-hydrogen) atoms. The van der Waals surface area contributed by atoms with E-state index in [0.717, 1.165) is 18.1 Å². The number of aromatic nitrogens is 2. The second-order valence-corrected chi connectivity index (χ2v) is 8.52. The lowest BCUT2D eigenvalue weighted by molar-refractivity contribution is -0.138. The standard InChI is InChI=1S/C22H22ClF3N6O/c23-18-12-17(22(24,25)26)14-29-20(18)31-5-2-16(3-6-31)21(33)32-9-7-30(8-10-32)19-11-15(13-27)1-4-28-19/h1,4,11-12,14,16H,2-3,5-10H2. The molecule has 4 heterocycles. The van der Waals surface area contributed by atoms with Gasteiger partial charge >= 0.3 is 6.18 Å². The normalized spacial score (nSPS) is 17.7. The van der Waals surface area contributed by atoms with Gasteiger partial charge in [0.15, 0.2) is 0 Å². The molecule has 2 saturated heterocycles. The van der Waals surface area contributed by atoms with Gasteiger partial charge in [-0.05, 0) is 31.0 Å². The molecule has 0 atom stereocenters. The predicted molar refractivity (Wildman–Crippen MR) is 117 cm³/mol. The molecule has 4 rings (SSSR count). The largest absolute Gasteiger partial charge is 0.417 e. The Morgan fingerprint density at radius 1 is 1.06 bits per heavy atom. The molecule has 2 aliphatic rings. The first-order valence-corrected chi connectivity index (χ1v) is 11.0. The summed E-state index contributed by atoms with van der Waals surface area (Å²) < 4.78 is 38.5. The molecular formula is C22H22ClF3N6O. The van der Waals surface area contributed by atoms with Gasteiger partial charge in [0.1, 0.15) is 11.6 Å². The summed E-state index contributed by atoms with van der Waals surface area (Å²) in [6.45, 7) is 3.42. The molecule has 2 aliphatic heterocycles. The van der Waals surface area contributed by atoms with E-state index in [1.807, 2.05) is 9.80 Å². The number of alkyl halides is 3. The van der Waals surface area contributed by atoms with Gasteiger partial charge in [0.25, 0.3) is 0 Å². The van der Waals surface area contributed by atoms with Crippen LogP contribution in [0.25, 0.3) is 0 Å². The quantitative estimate of drug-likeness (QED) is 0.671. The maximum Gasteiger partial charge on any atom is 0.417 e. The van der Waals surface area contributed by atoms with E-state index >= 15 is 0 Å². The Balaban J connectivity index is 1.31. The van der Waals surface area contributed by atoms with Crippen LogP contribution in [-0.4, -0.2) is 60.0 Å². The van der Waals surface area contributed by atoms with E-state index in [9.17, 15) is 18.0 Å². The summed E-state index contributed by atoms with van der Waals surface area (Å²) in [4.78, 5) is 27.0. The Morgan fingerprint density at radius 3 is 2.36 bits per heavy atom. The van der Waals surface area contributed by atoms with Crippen LogP contribution in [0.2, 0.25) is 5.02 Å². The molecule has 0 N–H and O–H groups in total. The molecule has 0 saturated carbocycles. The van der Waals surface area contributed by atoms with E-state index in [-0.39, 0.29) is 16.8 Å². The molecular weight excluding hydrogens is 457 g/mol. The summed E-state index contributed by atoms with van der Waals surface area (Å²) in [5.41, 5.74) is -0.331. The fourth-order valence-electron chi connectivity index (χ4n) is 4.23. The zero-order valence-corrected chi connectivity index (χ0v) is 18.5. The van der Waals surface area contributed by atoms with Gasteiger partial charge < -0.3 is 14.7 Å². The monoisotopic (exact) mass is 478 g/mol. The minimum atomic E-state index is -4.49. The maximum absolute atomic E-state index is 13.0. The first-order chi connectivity index (χ1) is 15.8. The van der Waals surface area contributed by atoms with Gasteiger partial charge in [-0.2, -0.15) is 18.4 Å². The molecule has 0 bridgehead atoms. The van der Waals surface area contributed by atoms with Gasteiger partial charge in [-0.25, -0.2) is 9.97 Å². The zero-order chi connectivity index (χ0) is 23.6. The van der Waals surface area contributed by atoms with E-state index in [1.54, 1.807) is 18.3 Å². The highest BCUT2D eigenvalue weighted by atomic mass is 35.5. The van der Waals surface area contributed by atoms with E-state index in [4.69, 9.17) is 16.9 Å². The zero-order valence-electron chi connectivity index (χ0n) is 17.7. The molecule has 0 aliphatic carbocycles. The van der Waals surface area contributed by atoms with Crippen molar-refractivity contribution in [3.63, 3.8) is 0 Å². The number of piperazine rings is 1. The van der Waals surface area contributed by atoms with E-state index in [0.29, 0.717) is 63.5 Å². The fraction of sp³-hybridized carbons (Fsp3) is 0.455. The molecule has 2 aromatic rings. The van der Waals surface area contributed by atoms with Crippen molar-refractivity contribution in [3.05, 3.63) is 46.7 Å². The number of nitrogens with zero attached hydrogens (tertiary/aromatic N) is 6. The number of rotatable bonds is 3. The lowest BCUT2D eigenvalue weighted by Gasteiger charge is -2.39. The van der Waals surface area contributed by atoms with Gasteiger partial charge in [-0.3, -0.25) is 4.79 Å². The second-order valence-electron chi connectivity index (χ2n) is 8.12. The highest BCUT2D eigenvalue weighted by molar-refractivity contribution is 6.33. The third-order valence-electron chi connectivity index (χ3n) is 6.08. The number of nitriles is 1. The molecule has 0 unspecified atom stereocenters. The number of hydrogen-bond acceptors (Lipinski definition) is 6. The number of hydrogen-bond donors (Lipinski definition) is 0. The molecule has 2 fully saturated rings. The summed E-state index contributed by atoms with van der Waals surface area (Å²) in [7, 11) is 0. The third kappa shape index (κ3) is 5.14. The Morgan fingerprint density at radius 2 is 1.76 bits per heavy atom. The number of halogens is 4. The molecule has 0 aromatic carbocycles. The van der Waals surface area contributed by atoms with Gasteiger partial charge in [-0.15, -0.1) is 0 Å². The number of carbonyl (C=O) groups excluding carboxylic acids is 1. The molecule has 2 aromatic heterocycles. The topological polar surface area (TPSA) is 76.4 Å². The van der Waals surface area contributed by atoms with Crippen molar-refractivity contribution in [1.29, 1.82) is 5.26 Å². The van der Waals surface area contributed by atoms with Crippen LogP contribution in [0, 0.1) is 17.2 Å². The summed E-state index contributed by atoms with van der Waals surface area (Å²) in [5.74, 6) is 1.01. The Hall–Kier alpha value is -3.06. The van der Waals surface area contributed by atoms with E-state index in [2.05, 4.69) is 20.9 Å². The Labute approximate surface area is 194 Å². The van der Waals surface area contributed by atoms with Crippen molar-refractivity contribution in [3.8, 4) is 6.07 Å². The van der Waals surface area contributed by atoms with Crippen LogP contribution in [-0.2, 0) is 11.0 Å². The summed E-state index contributed by atoms with van der Waals surface area (Å²) in [6, 6.07) is 6.40. The van der Waals surface area contributed by atoms with Crippen LogP contribution in [0.4, 0.5) is 24.8 Å². The van der Waals surface area contributed by atoms with Crippen LogP contribution in [0.15, 0.2) is 30.6 Å². The predicted octanol–water partition coefficient (Wildman–Crippen LogP) is 3.59. The van der Waals surface area contributed by atoms with Crippen molar-refractivity contribution in [1.82, 2.24) is 14.9 Å². The molecule has 11 heteroatoms. The van der Waals surface area contributed by atoms with Gasteiger partial charge in [0.2, 0.25) is 5.91 Å². The number of amides is 1. The van der Waals surface area contributed by atoms with Crippen molar-refractivity contribution in [2.45, 2.75) is 19.0 Å². The summed E-state index contributed by atoms with van der Waals surface area (Å²) in [5, 5.41) is 9.02. The SMILES string of the molecule is N#Cc1ccnc(N2CCN(C(=O)C3CCN(c4ncc(C(F)(F)F)cc4Cl)CC3)CC2)c1. The minimum Gasteiger partial charge on any atom is -0.355 e. The lowest BCUT2D eigenvalue weighted by Crippen LogP contribution is -2.52. The summed E-state index contributed by atoms with van der Waals surface area (Å²) in [6.07, 6.45) is -0.920. The van der Waals surface area contributed by atoms with Crippen LogP contribution in [0.5, 0.6) is 0 Å². The van der Waals surface area contributed by atoms with Crippen LogP contribution in [0.1, 0.15) is 24.0 Å². The maximum atomic E-state index is 13.0. The van der Waals surface area contributed by atoms with Crippen molar-refractivity contribution < 1.29 is 18.0 Å². The van der Waals surface area contributed by atoms with Crippen molar-refractivity contribution in [2.75, 3.05) is 49.1 Å². The highest BCUT2D eigenvalue weighted by Gasteiger charge is 2.34. The minimum absolute atomic E-state index is 0.0419.